The monoisotopic (exact) mass is 381 g/mol. The number of benzene rings is 2. The second kappa shape index (κ2) is 6.49. The molecule has 4 aromatic rings. The van der Waals surface area contributed by atoms with Crippen molar-refractivity contribution < 1.29 is 17.4 Å². The Labute approximate surface area is 155 Å². The van der Waals surface area contributed by atoms with E-state index in [-0.39, 0.29) is 5.82 Å². The molecule has 0 unspecified atom stereocenters. The first-order chi connectivity index (χ1) is 12.9. The van der Waals surface area contributed by atoms with Crippen LogP contribution in [0.15, 0.2) is 65.2 Å². The molecule has 2 heterocycles. The third-order valence-electron chi connectivity index (χ3n) is 4.05. The lowest BCUT2D eigenvalue weighted by Crippen LogP contribution is -2.01. The number of oxazole rings is 1. The van der Waals surface area contributed by atoms with E-state index in [9.17, 15) is 8.42 Å². The highest BCUT2D eigenvalue weighted by Gasteiger charge is 2.14. The minimum absolute atomic E-state index is 0.277. The molecule has 2 aromatic heterocycles. The Morgan fingerprint density at radius 2 is 1.85 bits per heavy atom. The first-order valence-corrected chi connectivity index (χ1v) is 9.66. The maximum Gasteiger partial charge on any atom is 0.269 e. The molecule has 8 heteroatoms. The van der Waals surface area contributed by atoms with Crippen LogP contribution in [0.1, 0.15) is 5.56 Å². The molecule has 7 nitrogen and oxygen atoms in total. The maximum absolute atomic E-state index is 11.1. The molecule has 0 atom stereocenters. The van der Waals surface area contributed by atoms with Crippen LogP contribution in [0, 0.1) is 0 Å². The van der Waals surface area contributed by atoms with E-state index in [1.807, 2.05) is 30.3 Å². The fourth-order valence-electron chi connectivity index (χ4n) is 2.84. The van der Waals surface area contributed by atoms with Gasteiger partial charge in [0.05, 0.1) is 5.56 Å². The van der Waals surface area contributed by atoms with Gasteiger partial charge in [0.15, 0.2) is 5.58 Å². The topological polar surface area (TPSA) is 119 Å². The van der Waals surface area contributed by atoms with Gasteiger partial charge < -0.3 is 10.2 Å². The predicted octanol–water partition coefficient (Wildman–Crippen LogP) is 3.53. The Balaban J connectivity index is 1.78. The van der Waals surface area contributed by atoms with Crippen molar-refractivity contribution in [3.63, 3.8) is 0 Å². The number of nitrogens with zero attached hydrogens (tertiary/aromatic N) is 2. The van der Waals surface area contributed by atoms with Gasteiger partial charge in [-0.1, -0.05) is 30.3 Å². The Hall–Kier alpha value is -3.23. The zero-order valence-electron chi connectivity index (χ0n) is 14.0. The SMILES string of the molecule is Nc1ncc(-c2cccc(CS(=O)(=O)O)c2)cc1-c1nc2ccccc2o1. The summed E-state index contributed by atoms with van der Waals surface area (Å²) < 4.78 is 37.1. The fourth-order valence-corrected chi connectivity index (χ4v) is 3.44. The van der Waals surface area contributed by atoms with Crippen LogP contribution < -0.4 is 5.73 Å². The van der Waals surface area contributed by atoms with Crippen molar-refractivity contribution in [1.82, 2.24) is 9.97 Å². The number of aromatic nitrogens is 2. The van der Waals surface area contributed by atoms with Gasteiger partial charge >= 0.3 is 0 Å². The fraction of sp³-hybridized carbons (Fsp3) is 0.0526. The molecule has 0 fully saturated rings. The van der Waals surface area contributed by atoms with E-state index in [0.717, 1.165) is 11.1 Å². The van der Waals surface area contributed by atoms with Crippen molar-refractivity contribution in [3.05, 3.63) is 66.4 Å². The highest BCUT2D eigenvalue weighted by Crippen LogP contribution is 2.31. The summed E-state index contributed by atoms with van der Waals surface area (Å²) >= 11 is 0. The summed E-state index contributed by atoms with van der Waals surface area (Å²) in [5, 5.41) is 0. The third-order valence-corrected chi connectivity index (χ3v) is 4.75. The van der Waals surface area contributed by atoms with Gasteiger partial charge in [-0.3, -0.25) is 4.55 Å². The van der Waals surface area contributed by atoms with E-state index in [2.05, 4.69) is 9.97 Å². The summed E-state index contributed by atoms with van der Waals surface area (Å²) in [6.45, 7) is 0. The standard InChI is InChI=1S/C19H15N3O4S/c20-18-15(19-22-16-6-1-2-7-17(16)26-19)9-14(10-21-18)13-5-3-4-12(8-13)11-27(23,24)25/h1-10H,11H2,(H2,20,21)(H,23,24,25). The van der Waals surface area contributed by atoms with E-state index < -0.39 is 15.9 Å². The molecule has 27 heavy (non-hydrogen) atoms. The maximum atomic E-state index is 11.1. The van der Waals surface area contributed by atoms with Gasteiger partial charge in [-0.05, 0) is 35.4 Å². The highest BCUT2D eigenvalue weighted by molar-refractivity contribution is 7.85. The minimum atomic E-state index is -4.11. The molecule has 0 radical (unpaired) electrons. The van der Waals surface area contributed by atoms with E-state index in [4.69, 9.17) is 14.7 Å². The molecule has 0 saturated carbocycles. The highest BCUT2D eigenvalue weighted by atomic mass is 32.2. The van der Waals surface area contributed by atoms with Gasteiger partial charge in [0.1, 0.15) is 17.1 Å². The molecule has 0 bridgehead atoms. The lowest BCUT2D eigenvalue weighted by Gasteiger charge is -2.07. The Morgan fingerprint density at radius 3 is 2.63 bits per heavy atom. The molecule has 0 aliphatic heterocycles. The van der Waals surface area contributed by atoms with Crippen LogP contribution in [0.5, 0.6) is 0 Å². The van der Waals surface area contributed by atoms with Crippen LogP contribution in [0.4, 0.5) is 5.82 Å². The number of fused-ring (bicyclic) bond motifs is 1. The van der Waals surface area contributed by atoms with Crippen LogP contribution in [0.2, 0.25) is 0 Å². The average Bonchev–Trinajstić information content (AvgIpc) is 3.05. The van der Waals surface area contributed by atoms with Crippen molar-refractivity contribution in [1.29, 1.82) is 0 Å². The Morgan fingerprint density at radius 1 is 1.04 bits per heavy atom. The molecule has 4 rings (SSSR count). The number of pyridine rings is 1. The van der Waals surface area contributed by atoms with Gasteiger partial charge in [-0.25, -0.2) is 9.97 Å². The molecular weight excluding hydrogens is 366 g/mol. The summed E-state index contributed by atoms with van der Waals surface area (Å²) in [4.78, 5) is 8.66. The van der Waals surface area contributed by atoms with Gasteiger partial charge in [0.25, 0.3) is 10.1 Å². The van der Waals surface area contributed by atoms with Crippen LogP contribution in [0.25, 0.3) is 33.7 Å². The number of hydrogen-bond acceptors (Lipinski definition) is 6. The van der Waals surface area contributed by atoms with E-state index in [1.54, 1.807) is 30.5 Å². The number of para-hydroxylation sites is 2. The summed E-state index contributed by atoms with van der Waals surface area (Å²) in [6.07, 6.45) is 1.59. The quantitative estimate of drug-likeness (QED) is 0.519. The van der Waals surface area contributed by atoms with E-state index in [0.29, 0.717) is 28.1 Å². The van der Waals surface area contributed by atoms with Crippen molar-refractivity contribution in [2.45, 2.75) is 5.75 Å². The lowest BCUT2D eigenvalue weighted by molar-refractivity contribution is 0.482. The van der Waals surface area contributed by atoms with Gasteiger partial charge in [0.2, 0.25) is 5.89 Å². The van der Waals surface area contributed by atoms with E-state index in [1.165, 1.54) is 0 Å². The van der Waals surface area contributed by atoms with E-state index >= 15 is 0 Å². The lowest BCUT2D eigenvalue weighted by atomic mass is 10.0. The zero-order chi connectivity index (χ0) is 19.0. The van der Waals surface area contributed by atoms with Crippen LogP contribution >= 0.6 is 0 Å². The number of nitrogens with two attached hydrogens (primary N) is 1. The molecular formula is C19H15N3O4S. The summed E-state index contributed by atoms with van der Waals surface area (Å²) in [5.41, 5.74) is 9.84. The molecule has 136 valence electrons. The molecule has 0 spiro atoms. The van der Waals surface area contributed by atoms with Gasteiger partial charge in [-0.15, -0.1) is 0 Å². The van der Waals surface area contributed by atoms with Crippen LogP contribution in [-0.2, 0) is 15.9 Å². The molecule has 0 saturated heterocycles. The second-order valence-corrected chi connectivity index (χ2v) is 7.52. The third kappa shape index (κ3) is 3.67. The molecule has 2 aromatic carbocycles. The van der Waals surface area contributed by atoms with Crippen LogP contribution in [0.3, 0.4) is 0 Å². The average molecular weight is 381 g/mol. The van der Waals surface area contributed by atoms with Crippen molar-refractivity contribution in [3.8, 4) is 22.6 Å². The molecule has 3 N–H and O–H groups in total. The van der Waals surface area contributed by atoms with Gasteiger partial charge in [0, 0.05) is 11.8 Å². The smallest absolute Gasteiger partial charge is 0.269 e. The largest absolute Gasteiger partial charge is 0.436 e. The molecule has 0 aliphatic rings. The number of anilines is 1. The Kier molecular flexibility index (Phi) is 4.14. The number of hydrogen-bond donors (Lipinski definition) is 2. The number of rotatable bonds is 4. The first-order valence-electron chi connectivity index (χ1n) is 8.05. The van der Waals surface area contributed by atoms with Crippen LogP contribution in [-0.4, -0.2) is 22.9 Å². The summed E-state index contributed by atoms with van der Waals surface area (Å²) in [5.74, 6) is 0.179. The van der Waals surface area contributed by atoms with Crippen molar-refractivity contribution >= 4 is 27.0 Å². The normalized spacial score (nSPS) is 11.7. The Bertz CT molecular complexity index is 1220. The van der Waals surface area contributed by atoms with Gasteiger partial charge in [-0.2, -0.15) is 8.42 Å². The zero-order valence-corrected chi connectivity index (χ0v) is 14.8. The number of nitrogen functional groups attached to an aromatic ring is 1. The van der Waals surface area contributed by atoms with Crippen molar-refractivity contribution in [2.75, 3.05) is 5.73 Å². The predicted molar refractivity (Wildman–Crippen MR) is 102 cm³/mol. The van der Waals surface area contributed by atoms with Crippen molar-refractivity contribution in [2.24, 2.45) is 0 Å². The summed E-state index contributed by atoms with van der Waals surface area (Å²) in [6, 6.07) is 16.0. The minimum Gasteiger partial charge on any atom is -0.436 e. The summed E-state index contributed by atoms with van der Waals surface area (Å²) in [7, 11) is -4.11. The molecule has 0 aliphatic carbocycles. The molecule has 0 amide bonds. The second-order valence-electron chi connectivity index (χ2n) is 6.07. The first kappa shape index (κ1) is 17.2.